The van der Waals surface area contributed by atoms with Crippen molar-refractivity contribution in [2.45, 2.75) is 25.4 Å². The van der Waals surface area contributed by atoms with E-state index in [-0.39, 0.29) is 11.9 Å². The summed E-state index contributed by atoms with van der Waals surface area (Å²) >= 11 is 0. The minimum Gasteiger partial charge on any atom is -0.332 e. The van der Waals surface area contributed by atoms with Gasteiger partial charge in [0, 0.05) is 36.9 Å². The maximum Gasteiger partial charge on any atom is 0.254 e. The summed E-state index contributed by atoms with van der Waals surface area (Å²) in [4.78, 5) is 19.2. The van der Waals surface area contributed by atoms with Crippen molar-refractivity contribution < 1.29 is 4.79 Å². The van der Waals surface area contributed by atoms with E-state index in [1.54, 1.807) is 12.4 Å². The van der Waals surface area contributed by atoms with Crippen LogP contribution in [0.2, 0.25) is 0 Å². The van der Waals surface area contributed by atoms with Crippen molar-refractivity contribution in [3.8, 4) is 0 Å². The summed E-state index contributed by atoms with van der Waals surface area (Å²) in [6.07, 6.45) is 9.33. The predicted molar refractivity (Wildman–Crippen MR) is 95.0 cm³/mol. The molecule has 0 N–H and O–H groups in total. The number of likely N-dealkylation sites (tertiary alicyclic amines) is 1. The molecule has 0 radical (unpaired) electrons. The van der Waals surface area contributed by atoms with Crippen LogP contribution in [0.4, 0.5) is 0 Å². The first-order valence-corrected chi connectivity index (χ1v) is 8.58. The number of benzene rings is 1. The molecule has 3 aromatic rings. The molecule has 1 atom stereocenters. The lowest BCUT2D eigenvalue weighted by atomic mass is 10.1. The standard InChI is InChI=1S/C20H20N4O/c25-20(24-12-3-8-19(24)18-7-2-9-21-14-18)17-6-1-5-16(13-17)15-23-11-4-10-22-23/h1-2,4-7,9-11,13-14,19H,3,8,12,15H2/t19-/m1/s1. The molecule has 0 unspecified atom stereocenters. The van der Waals surface area contributed by atoms with E-state index >= 15 is 0 Å². The summed E-state index contributed by atoms with van der Waals surface area (Å²) in [6, 6.07) is 13.9. The Morgan fingerprint density at radius 3 is 2.92 bits per heavy atom. The molecule has 0 spiro atoms. The monoisotopic (exact) mass is 332 g/mol. The van der Waals surface area contributed by atoms with E-state index in [1.807, 2.05) is 58.4 Å². The number of carbonyl (C=O) groups is 1. The van der Waals surface area contributed by atoms with Gasteiger partial charge in [-0.05, 0) is 48.2 Å². The van der Waals surface area contributed by atoms with Crippen LogP contribution >= 0.6 is 0 Å². The maximum atomic E-state index is 13.1. The zero-order valence-corrected chi connectivity index (χ0v) is 14.0. The van der Waals surface area contributed by atoms with Gasteiger partial charge in [-0.2, -0.15) is 5.10 Å². The van der Waals surface area contributed by atoms with E-state index in [0.29, 0.717) is 6.54 Å². The van der Waals surface area contributed by atoms with Crippen LogP contribution < -0.4 is 0 Å². The van der Waals surface area contributed by atoms with Crippen molar-refractivity contribution in [2.24, 2.45) is 0 Å². The second-order valence-corrected chi connectivity index (χ2v) is 6.35. The summed E-state index contributed by atoms with van der Waals surface area (Å²) in [5.41, 5.74) is 2.92. The van der Waals surface area contributed by atoms with E-state index in [0.717, 1.165) is 36.1 Å². The molecular formula is C20H20N4O. The Morgan fingerprint density at radius 1 is 1.16 bits per heavy atom. The quantitative estimate of drug-likeness (QED) is 0.736. The number of pyridine rings is 1. The lowest BCUT2D eigenvalue weighted by molar-refractivity contribution is 0.0735. The van der Waals surface area contributed by atoms with E-state index in [1.165, 1.54) is 0 Å². The smallest absolute Gasteiger partial charge is 0.254 e. The van der Waals surface area contributed by atoms with E-state index in [4.69, 9.17) is 0 Å². The van der Waals surface area contributed by atoms with Crippen LogP contribution in [0.1, 0.15) is 40.4 Å². The minimum atomic E-state index is 0.0914. The van der Waals surface area contributed by atoms with E-state index < -0.39 is 0 Å². The van der Waals surface area contributed by atoms with Crippen LogP contribution in [0.5, 0.6) is 0 Å². The van der Waals surface area contributed by atoms with Gasteiger partial charge in [0.2, 0.25) is 0 Å². The number of hydrogen-bond donors (Lipinski definition) is 0. The molecule has 4 rings (SSSR count). The van der Waals surface area contributed by atoms with Crippen molar-refractivity contribution in [3.05, 3.63) is 83.9 Å². The first-order chi connectivity index (χ1) is 12.3. The van der Waals surface area contributed by atoms with Gasteiger partial charge in [-0.3, -0.25) is 14.5 Å². The number of hydrogen-bond acceptors (Lipinski definition) is 3. The molecule has 2 aromatic heterocycles. The van der Waals surface area contributed by atoms with Crippen molar-refractivity contribution in [1.82, 2.24) is 19.7 Å². The Hall–Kier alpha value is -2.95. The highest BCUT2D eigenvalue weighted by molar-refractivity contribution is 5.94. The lowest BCUT2D eigenvalue weighted by Crippen LogP contribution is -2.30. The Morgan fingerprint density at radius 2 is 2.12 bits per heavy atom. The van der Waals surface area contributed by atoms with Crippen molar-refractivity contribution in [2.75, 3.05) is 6.54 Å². The summed E-state index contributed by atoms with van der Waals surface area (Å²) in [5, 5.41) is 4.23. The van der Waals surface area contributed by atoms with Crippen molar-refractivity contribution in [3.63, 3.8) is 0 Å². The summed E-state index contributed by atoms with van der Waals surface area (Å²) in [6.45, 7) is 1.46. The molecule has 1 aliphatic rings. The van der Waals surface area contributed by atoms with Gasteiger partial charge in [0.1, 0.15) is 0 Å². The van der Waals surface area contributed by atoms with Crippen LogP contribution in [-0.2, 0) is 6.54 Å². The van der Waals surface area contributed by atoms with Crippen LogP contribution in [0.3, 0.4) is 0 Å². The van der Waals surface area contributed by atoms with E-state index in [9.17, 15) is 4.79 Å². The van der Waals surface area contributed by atoms with Gasteiger partial charge in [-0.1, -0.05) is 18.2 Å². The second-order valence-electron chi connectivity index (χ2n) is 6.35. The molecule has 0 saturated carbocycles. The molecule has 1 aliphatic heterocycles. The zero-order valence-electron chi connectivity index (χ0n) is 14.0. The van der Waals surface area contributed by atoms with Crippen molar-refractivity contribution in [1.29, 1.82) is 0 Å². The molecule has 0 bridgehead atoms. The van der Waals surface area contributed by atoms with Gasteiger partial charge in [0.25, 0.3) is 5.91 Å². The highest BCUT2D eigenvalue weighted by atomic mass is 16.2. The normalized spacial score (nSPS) is 17.0. The third kappa shape index (κ3) is 3.31. The van der Waals surface area contributed by atoms with Crippen LogP contribution in [0.25, 0.3) is 0 Å². The van der Waals surface area contributed by atoms with Gasteiger partial charge in [0.05, 0.1) is 12.6 Å². The van der Waals surface area contributed by atoms with Crippen LogP contribution in [0, 0.1) is 0 Å². The molecule has 3 heterocycles. The first kappa shape index (κ1) is 15.6. The Labute approximate surface area is 146 Å². The Balaban J connectivity index is 1.56. The highest BCUT2D eigenvalue weighted by Gasteiger charge is 2.30. The topological polar surface area (TPSA) is 51.0 Å². The molecule has 1 fully saturated rings. The zero-order chi connectivity index (χ0) is 17.1. The number of nitrogens with zero attached hydrogens (tertiary/aromatic N) is 4. The fourth-order valence-corrected chi connectivity index (χ4v) is 3.48. The Bertz CT molecular complexity index is 845. The maximum absolute atomic E-state index is 13.1. The van der Waals surface area contributed by atoms with Gasteiger partial charge in [-0.15, -0.1) is 0 Å². The summed E-state index contributed by atoms with van der Waals surface area (Å²) < 4.78 is 1.86. The largest absolute Gasteiger partial charge is 0.332 e. The van der Waals surface area contributed by atoms with Crippen molar-refractivity contribution >= 4 is 5.91 Å². The first-order valence-electron chi connectivity index (χ1n) is 8.58. The average Bonchev–Trinajstić information content (AvgIpc) is 3.34. The SMILES string of the molecule is O=C(c1cccc(Cn2cccn2)c1)N1CCC[C@@H]1c1cccnc1. The second kappa shape index (κ2) is 6.89. The third-order valence-electron chi connectivity index (χ3n) is 4.66. The predicted octanol–water partition coefficient (Wildman–Crippen LogP) is 3.30. The van der Waals surface area contributed by atoms with Gasteiger partial charge < -0.3 is 4.90 Å². The van der Waals surface area contributed by atoms with Crippen LogP contribution in [0.15, 0.2) is 67.3 Å². The van der Waals surface area contributed by atoms with Gasteiger partial charge >= 0.3 is 0 Å². The lowest BCUT2D eigenvalue weighted by Gasteiger charge is -2.25. The molecule has 1 amide bonds. The summed E-state index contributed by atoms with van der Waals surface area (Å²) in [5.74, 6) is 0.0914. The molecule has 0 aliphatic carbocycles. The molecule has 25 heavy (non-hydrogen) atoms. The fraction of sp³-hybridized carbons (Fsp3) is 0.250. The number of carbonyl (C=O) groups excluding carboxylic acids is 1. The Kier molecular flexibility index (Phi) is 4.29. The average molecular weight is 332 g/mol. The summed E-state index contributed by atoms with van der Waals surface area (Å²) in [7, 11) is 0. The molecule has 1 saturated heterocycles. The molecule has 126 valence electrons. The number of aromatic nitrogens is 3. The van der Waals surface area contributed by atoms with E-state index in [2.05, 4.69) is 16.1 Å². The molecule has 1 aromatic carbocycles. The number of amides is 1. The fourth-order valence-electron chi connectivity index (χ4n) is 3.48. The molecule has 5 heteroatoms. The van der Waals surface area contributed by atoms with Gasteiger partial charge in [0.15, 0.2) is 0 Å². The third-order valence-corrected chi connectivity index (χ3v) is 4.66. The highest BCUT2D eigenvalue weighted by Crippen LogP contribution is 2.32. The molecule has 5 nitrogen and oxygen atoms in total. The van der Waals surface area contributed by atoms with Gasteiger partial charge in [-0.25, -0.2) is 0 Å². The number of rotatable bonds is 4. The molecular weight excluding hydrogens is 312 g/mol. The minimum absolute atomic E-state index is 0.0914. The van der Waals surface area contributed by atoms with Crippen LogP contribution in [-0.4, -0.2) is 32.1 Å².